The fourth-order valence-electron chi connectivity index (χ4n) is 1.85. The first-order valence-electron chi connectivity index (χ1n) is 6.38. The predicted octanol–water partition coefficient (Wildman–Crippen LogP) is 4.73. The van der Waals surface area contributed by atoms with Gasteiger partial charge in [-0.3, -0.25) is 0 Å². The first kappa shape index (κ1) is 14.9. The molecule has 0 aliphatic rings. The molecule has 0 aromatic heterocycles. The second-order valence-electron chi connectivity index (χ2n) is 4.75. The molecule has 0 saturated carbocycles. The summed E-state index contributed by atoms with van der Waals surface area (Å²) in [6, 6.07) is 2.14. The maximum atomic E-state index is 13.1. The Bertz CT molecular complexity index is 370. The van der Waals surface area contributed by atoms with E-state index in [4.69, 9.17) is 0 Å². The van der Waals surface area contributed by atoms with Crippen molar-refractivity contribution in [2.24, 2.45) is 5.92 Å². The molecule has 0 saturated heterocycles. The molecule has 0 amide bonds. The number of rotatable bonds is 6. The quantitative estimate of drug-likeness (QED) is 0.728. The van der Waals surface area contributed by atoms with Gasteiger partial charge in [-0.05, 0) is 18.8 Å². The van der Waals surface area contributed by atoms with E-state index in [0.29, 0.717) is 11.6 Å². The first-order valence-corrected chi connectivity index (χ1v) is 6.38. The lowest BCUT2D eigenvalue weighted by atomic mass is 9.97. The number of anilines is 1. The molecule has 1 nitrogen and oxygen atoms in total. The lowest BCUT2D eigenvalue weighted by molar-refractivity contribution is 0.445. The summed E-state index contributed by atoms with van der Waals surface area (Å²) in [7, 11) is 0. The minimum absolute atomic E-state index is 0.143. The highest BCUT2D eigenvalue weighted by atomic mass is 19.2. The van der Waals surface area contributed by atoms with Crippen LogP contribution in [0, 0.1) is 23.4 Å². The molecule has 0 heterocycles. The highest BCUT2D eigenvalue weighted by Gasteiger charge is 2.14. The van der Waals surface area contributed by atoms with E-state index in [9.17, 15) is 13.2 Å². The number of nitrogens with one attached hydrogen (secondary N) is 1. The molecule has 102 valence electrons. The molecule has 4 heteroatoms. The molecule has 1 aromatic rings. The van der Waals surface area contributed by atoms with Crippen molar-refractivity contribution >= 4 is 5.69 Å². The number of benzene rings is 1. The second-order valence-corrected chi connectivity index (χ2v) is 4.75. The fraction of sp³-hybridized carbons (Fsp3) is 0.571. The van der Waals surface area contributed by atoms with Crippen molar-refractivity contribution in [2.75, 3.05) is 5.32 Å². The van der Waals surface area contributed by atoms with Gasteiger partial charge in [0.25, 0.3) is 0 Å². The van der Waals surface area contributed by atoms with Gasteiger partial charge in [-0.25, -0.2) is 13.2 Å². The highest BCUT2D eigenvalue weighted by Crippen LogP contribution is 2.21. The van der Waals surface area contributed by atoms with E-state index in [1.165, 1.54) is 0 Å². The zero-order chi connectivity index (χ0) is 13.7. The summed E-state index contributed by atoms with van der Waals surface area (Å²) in [6.07, 6.45) is 2.84. The summed E-state index contributed by atoms with van der Waals surface area (Å²) in [5.41, 5.74) is 0.293. The van der Waals surface area contributed by atoms with Crippen LogP contribution in [0.1, 0.15) is 40.0 Å². The summed E-state index contributed by atoms with van der Waals surface area (Å²) < 4.78 is 39.0. The largest absolute Gasteiger partial charge is 0.382 e. The Morgan fingerprint density at radius 3 is 2.06 bits per heavy atom. The Kier molecular flexibility index (Phi) is 5.51. The third kappa shape index (κ3) is 3.93. The van der Waals surface area contributed by atoms with E-state index in [0.717, 1.165) is 31.4 Å². The van der Waals surface area contributed by atoms with Crippen LogP contribution in [-0.2, 0) is 0 Å². The Balaban J connectivity index is 2.76. The SMILES string of the molecule is CCC(C)CC(CC)Nc1cc(F)c(F)c(F)c1. The maximum Gasteiger partial charge on any atom is 0.194 e. The molecule has 0 spiro atoms. The molecule has 1 aromatic carbocycles. The molecule has 0 aliphatic heterocycles. The highest BCUT2D eigenvalue weighted by molar-refractivity contribution is 5.45. The molecule has 0 aliphatic carbocycles. The molecule has 1 N–H and O–H groups in total. The summed E-state index contributed by atoms with van der Waals surface area (Å²) in [5.74, 6) is -3.19. The van der Waals surface area contributed by atoms with Crippen molar-refractivity contribution in [3.05, 3.63) is 29.6 Å². The Morgan fingerprint density at radius 2 is 1.61 bits per heavy atom. The summed E-state index contributed by atoms with van der Waals surface area (Å²) >= 11 is 0. The minimum atomic E-state index is -1.42. The van der Waals surface area contributed by atoms with Gasteiger partial charge in [0.15, 0.2) is 17.5 Å². The van der Waals surface area contributed by atoms with Crippen LogP contribution in [0.5, 0.6) is 0 Å². The number of halogens is 3. The Morgan fingerprint density at radius 1 is 1.06 bits per heavy atom. The standard InChI is InChI=1S/C14H20F3N/c1-4-9(3)6-10(5-2)18-11-7-12(15)14(17)13(16)8-11/h7-10,18H,4-6H2,1-3H3. The Hall–Kier alpha value is -1.19. The van der Waals surface area contributed by atoms with Crippen LogP contribution in [0.25, 0.3) is 0 Å². The summed E-state index contributed by atoms with van der Waals surface area (Å²) in [5, 5.41) is 3.06. The van der Waals surface area contributed by atoms with Crippen LogP contribution >= 0.6 is 0 Å². The molecule has 0 bridgehead atoms. The van der Waals surface area contributed by atoms with Crippen molar-refractivity contribution in [1.82, 2.24) is 0 Å². The van der Waals surface area contributed by atoms with Gasteiger partial charge in [0.1, 0.15) is 0 Å². The van der Waals surface area contributed by atoms with E-state index < -0.39 is 17.5 Å². The van der Waals surface area contributed by atoms with Crippen LogP contribution in [-0.4, -0.2) is 6.04 Å². The maximum absolute atomic E-state index is 13.1. The molecule has 0 radical (unpaired) electrons. The molecule has 2 unspecified atom stereocenters. The lowest BCUT2D eigenvalue weighted by Gasteiger charge is -2.21. The first-order chi connectivity index (χ1) is 8.47. The van der Waals surface area contributed by atoms with Crippen molar-refractivity contribution in [3.8, 4) is 0 Å². The number of hydrogen-bond acceptors (Lipinski definition) is 1. The normalized spacial score (nSPS) is 14.3. The minimum Gasteiger partial charge on any atom is -0.382 e. The van der Waals surface area contributed by atoms with Crippen molar-refractivity contribution in [3.63, 3.8) is 0 Å². The third-order valence-corrected chi connectivity index (χ3v) is 3.23. The predicted molar refractivity (Wildman–Crippen MR) is 68.1 cm³/mol. The molecule has 18 heavy (non-hydrogen) atoms. The van der Waals surface area contributed by atoms with Gasteiger partial charge < -0.3 is 5.32 Å². The second kappa shape index (κ2) is 6.66. The van der Waals surface area contributed by atoms with Gasteiger partial charge in [0, 0.05) is 23.9 Å². The summed E-state index contributed by atoms with van der Waals surface area (Å²) in [4.78, 5) is 0. The van der Waals surface area contributed by atoms with Gasteiger partial charge in [-0.1, -0.05) is 27.2 Å². The Labute approximate surface area is 106 Å². The average Bonchev–Trinajstić information content (AvgIpc) is 2.34. The smallest absolute Gasteiger partial charge is 0.194 e. The van der Waals surface area contributed by atoms with Crippen molar-refractivity contribution < 1.29 is 13.2 Å². The van der Waals surface area contributed by atoms with E-state index in [1.54, 1.807) is 0 Å². The van der Waals surface area contributed by atoms with Crippen LogP contribution in [0.15, 0.2) is 12.1 Å². The van der Waals surface area contributed by atoms with Gasteiger partial charge in [-0.2, -0.15) is 0 Å². The van der Waals surface area contributed by atoms with Crippen LogP contribution in [0.4, 0.5) is 18.9 Å². The van der Waals surface area contributed by atoms with Gasteiger partial charge in [0.05, 0.1) is 0 Å². The van der Waals surface area contributed by atoms with Gasteiger partial charge in [-0.15, -0.1) is 0 Å². The molecule has 1 rings (SSSR count). The fourth-order valence-corrected chi connectivity index (χ4v) is 1.85. The molecular formula is C14H20F3N. The number of hydrogen-bond donors (Lipinski definition) is 1. The lowest BCUT2D eigenvalue weighted by Crippen LogP contribution is -2.21. The van der Waals surface area contributed by atoms with E-state index >= 15 is 0 Å². The molecule has 2 atom stereocenters. The van der Waals surface area contributed by atoms with E-state index in [2.05, 4.69) is 19.2 Å². The summed E-state index contributed by atoms with van der Waals surface area (Å²) in [6.45, 7) is 6.25. The zero-order valence-corrected chi connectivity index (χ0v) is 11.1. The van der Waals surface area contributed by atoms with Crippen LogP contribution in [0.3, 0.4) is 0 Å². The molecular weight excluding hydrogens is 239 g/mol. The van der Waals surface area contributed by atoms with Crippen molar-refractivity contribution in [2.45, 2.75) is 46.1 Å². The van der Waals surface area contributed by atoms with Crippen molar-refractivity contribution in [1.29, 1.82) is 0 Å². The third-order valence-electron chi connectivity index (χ3n) is 3.23. The molecule has 0 fully saturated rings. The van der Waals surface area contributed by atoms with E-state index in [1.807, 2.05) is 6.92 Å². The average molecular weight is 259 g/mol. The van der Waals surface area contributed by atoms with Crippen LogP contribution in [0.2, 0.25) is 0 Å². The topological polar surface area (TPSA) is 12.0 Å². The van der Waals surface area contributed by atoms with Crippen LogP contribution < -0.4 is 5.32 Å². The van der Waals surface area contributed by atoms with Gasteiger partial charge in [0.2, 0.25) is 0 Å². The van der Waals surface area contributed by atoms with Gasteiger partial charge >= 0.3 is 0 Å². The zero-order valence-electron chi connectivity index (χ0n) is 11.1. The monoisotopic (exact) mass is 259 g/mol. The van der Waals surface area contributed by atoms with E-state index in [-0.39, 0.29) is 6.04 Å².